The van der Waals surface area contributed by atoms with E-state index < -0.39 is 0 Å². The van der Waals surface area contributed by atoms with E-state index >= 15 is 0 Å². The molecule has 1 saturated carbocycles. The van der Waals surface area contributed by atoms with E-state index in [-0.39, 0.29) is 5.41 Å². The summed E-state index contributed by atoms with van der Waals surface area (Å²) >= 11 is 0. The van der Waals surface area contributed by atoms with Crippen molar-refractivity contribution in [2.24, 2.45) is 5.92 Å². The minimum absolute atomic E-state index is 0.216. The van der Waals surface area contributed by atoms with E-state index in [1.807, 2.05) is 6.07 Å². The molecular weight excluding hydrogens is 320 g/mol. The lowest BCUT2D eigenvalue weighted by molar-refractivity contribution is -0.886. The molecule has 140 valence electrons. The minimum Gasteiger partial charge on any atom is -0.336 e. The average molecular weight is 354 g/mol. The maximum Gasteiger partial charge on any atom is 0.233 e. The van der Waals surface area contributed by atoms with Crippen LogP contribution in [0.15, 0.2) is 42.5 Å². The van der Waals surface area contributed by atoms with Crippen molar-refractivity contribution in [3.63, 3.8) is 0 Å². The normalized spacial score (nSPS) is 24.5. The number of carbonyl (C=O) groups excluding carboxylic acids is 1. The molecule has 1 saturated heterocycles. The van der Waals surface area contributed by atoms with Crippen LogP contribution in [0.5, 0.6) is 0 Å². The molecule has 0 spiro atoms. The molecule has 0 aromatic heterocycles. The van der Waals surface area contributed by atoms with Gasteiger partial charge in [-0.2, -0.15) is 0 Å². The number of likely N-dealkylation sites (tertiary alicyclic amines) is 1. The van der Waals surface area contributed by atoms with Crippen LogP contribution in [0.25, 0.3) is 0 Å². The molecular formula is C23H33N2O+. The zero-order valence-electron chi connectivity index (χ0n) is 16.0. The number of amides is 1. The molecule has 3 nitrogen and oxygen atoms in total. The van der Waals surface area contributed by atoms with Gasteiger partial charge in [0.1, 0.15) is 0 Å². The first-order valence-corrected chi connectivity index (χ1v) is 10.6. The summed E-state index contributed by atoms with van der Waals surface area (Å²) in [5, 5.41) is 0. The fourth-order valence-electron chi connectivity index (χ4n) is 4.84. The lowest BCUT2D eigenvalue weighted by Gasteiger charge is -2.32. The second-order valence-corrected chi connectivity index (χ2v) is 8.56. The molecule has 1 atom stereocenters. The highest BCUT2D eigenvalue weighted by molar-refractivity contribution is 5.91. The van der Waals surface area contributed by atoms with E-state index in [0.717, 1.165) is 38.9 Å². The summed E-state index contributed by atoms with van der Waals surface area (Å²) in [5.41, 5.74) is 1.01. The molecule has 0 radical (unpaired) electrons. The monoisotopic (exact) mass is 353 g/mol. The standard InChI is InChI=1S/C23H32N2O/c26-22(23(13-14-23)21-11-5-2-6-12-21)25(18-17-24-15-7-8-16-24)19-20-9-3-1-4-10-20/h1-3,5-6,11-12,20H,4,7-10,13-19H2/p+1/t20-/m1/s1. The molecule has 1 aromatic rings. The first-order chi connectivity index (χ1) is 12.8. The quantitative estimate of drug-likeness (QED) is 0.749. The van der Waals surface area contributed by atoms with Gasteiger partial charge in [-0.05, 0) is 43.6 Å². The van der Waals surface area contributed by atoms with Crippen LogP contribution in [0.4, 0.5) is 0 Å². The van der Waals surface area contributed by atoms with Gasteiger partial charge in [0.15, 0.2) is 0 Å². The van der Waals surface area contributed by atoms with E-state index in [2.05, 4.69) is 41.3 Å². The maximum atomic E-state index is 13.6. The number of rotatable bonds is 7. The Morgan fingerprint density at radius 1 is 1.12 bits per heavy atom. The van der Waals surface area contributed by atoms with Gasteiger partial charge in [0.05, 0.1) is 31.6 Å². The van der Waals surface area contributed by atoms with Crippen molar-refractivity contribution < 1.29 is 9.69 Å². The number of hydrogen-bond donors (Lipinski definition) is 1. The molecule has 1 N–H and O–H groups in total. The molecule has 2 fully saturated rings. The number of nitrogens with zero attached hydrogens (tertiary/aromatic N) is 1. The lowest BCUT2D eigenvalue weighted by atomic mass is 9.91. The molecule has 1 aliphatic heterocycles. The predicted molar refractivity (Wildman–Crippen MR) is 105 cm³/mol. The second kappa shape index (κ2) is 7.96. The van der Waals surface area contributed by atoms with Gasteiger partial charge in [0.25, 0.3) is 0 Å². The number of allylic oxidation sites excluding steroid dienone is 2. The summed E-state index contributed by atoms with van der Waals surface area (Å²) in [4.78, 5) is 17.5. The summed E-state index contributed by atoms with van der Waals surface area (Å²) in [6.45, 7) is 5.59. The Hall–Kier alpha value is -1.61. The molecule has 1 heterocycles. The van der Waals surface area contributed by atoms with E-state index in [9.17, 15) is 4.79 Å². The highest BCUT2D eigenvalue weighted by Gasteiger charge is 2.53. The van der Waals surface area contributed by atoms with Crippen molar-refractivity contribution in [3.8, 4) is 0 Å². The van der Waals surface area contributed by atoms with Gasteiger partial charge in [-0.25, -0.2) is 0 Å². The topological polar surface area (TPSA) is 24.8 Å². The third kappa shape index (κ3) is 3.88. The van der Waals surface area contributed by atoms with Crippen LogP contribution in [0, 0.1) is 5.92 Å². The van der Waals surface area contributed by atoms with Crippen molar-refractivity contribution in [1.29, 1.82) is 0 Å². The summed E-state index contributed by atoms with van der Waals surface area (Å²) < 4.78 is 0. The SMILES string of the molecule is O=C(N(CC[NH+]1CCCC1)C[C@@H]1CC=CCC1)C1(c2ccccc2)CC1. The van der Waals surface area contributed by atoms with Gasteiger partial charge >= 0.3 is 0 Å². The van der Waals surface area contributed by atoms with Gasteiger partial charge in [-0.1, -0.05) is 42.5 Å². The molecule has 2 aliphatic carbocycles. The van der Waals surface area contributed by atoms with Crippen LogP contribution in [-0.4, -0.2) is 43.5 Å². The summed E-state index contributed by atoms with van der Waals surface area (Å²) in [6, 6.07) is 10.5. The van der Waals surface area contributed by atoms with Gasteiger partial charge in [-0.15, -0.1) is 0 Å². The Bertz CT molecular complexity index is 629. The van der Waals surface area contributed by atoms with Crippen LogP contribution in [-0.2, 0) is 10.2 Å². The van der Waals surface area contributed by atoms with Crippen LogP contribution in [0.2, 0.25) is 0 Å². The predicted octanol–water partition coefficient (Wildman–Crippen LogP) is 2.58. The lowest BCUT2D eigenvalue weighted by Crippen LogP contribution is -3.10. The number of carbonyl (C=O) groups is 1. The summed E-state index contributed by atoms with van der Waals surface area (Å²) in [6.07, 6.45) is 12.9. The highest BCUT2D eigenvalue weighted by atomic mass is 16.2. The Morgan fingerprint density at radius 2 is 1.88 bits per heavy atom. The number of nitrogens with one attached hydrogen (secondary N) is 1. The van der Waals surface area contributed by atoms with Crippen LogP contribution >= 0.6 is 0 Å². The molecule has 3 aliphatic rings. The molecule has 1 amide bonds. The zero-order chi connectivity index (χ0) is 17.8. The zero-order valence-corrected chi connectivity index (χ0v) is 16.0. The number of benzene rings is 1. The first-order valence-electron chi connectivity index (χ1n) is 10.6. The molecule has 0 bridgehead atoms. The fourth-order valence-corrected chi connectivity index (χ4v) is 4.84. The Morgan fingerprint density at radius 3 is 2.54 bits per heavy atom. The number of hydrogen-bond acceptors (Lipinski definition) is 1. The van der Waals surface area contributed by atoms with E-state index in [4.69, 9.17) is 0 Å². The Labute approximate surface area is 158 Å². The highest BCUT2D eigenvalue weighted by Crippen LogP contribution is 2.49. The molecule has 0 unspecified atom stereocenters. The van der Waals surface area contributed by atoms with Gasteiger partial charge in [-0.3, -0.25) is 4.79 Å². The fraction of sp³-hybridized carbons (Fsp3) is 0.609. The van der Waals surface area contributed by atoms with Crippen LogP contribution in [0.1, 0.15) is 50.5 Å². The average Bonchev–Trinajstić information content (AvgIpc) is 3.35. The smallest absolute Gasteiger partial charge is 0.233 e. The molecule has 4 rings (SSSR count). The first kappa shape index (κ1) is 17.8. The largest absolute Gasteiger partial charge is 0.336 e. The second-order valence-electron chi connectivity index (χ2n) is 8.56. The third-order valence-corrected chi connectivity index (χ3v) is 6.68. The molecule has 1 aromatic carbocycles. The Balaban J connectivity index is 1.47. The molecule has 26 heavy (non-hydrogen) atoms. The van der Waals surface area contributed by atoms with Gasteiger partial charge in [0.2, 0.25) is 5.91 Å². The minimum atomic E-state index is -0.216. The van der Waals surface area contributed by atoms with E-state index in [1.54, 1.807) is 4.90 Å². The maximum absolute atomic E-state index is 13.6. The van der Waals surface area contributed by atoms with Crippen LogP contribution in [0.3, 0.4) is 0 Å². The Kier molecular flexibility index (Phi) is 5.44. The molecule has 3 heteroatoms. The van der Waals surface area contributed by atoms with Crippen molar-refractivity contribution in [3.05, 3.63) is 48.0 Å². The third-order valence-electron chi connectivity index (χ3n) is 6.68. The van der Waals surface area contributed by atoms with Crippen molar-refractivity contribution in [2.75, 3.05) is 32.7 Å². The summed E-state index contributed by atoms with van der Waals surface area (Å²) in [7, 11) is 0. The van der Waals surface area contributed by atoms with E-state index in [0.29, 0.717) is 11.8 Å². The van der Waals surface area contributed by atoms with Crippen molar-refractivity contribution in [2.45, 2.75) is 50.4 Å². The van der Waals surface area contributed by atoms with Crippen LogP contribution < -0.4 is 4.90 Å². The number of quaternary nitrogens is 1. The van der Waals surface area contributed by atoms with Gasteiger partial charge in [0, 0.05) is 19.4 Å². The van der Waals surface area contributed by atoms with Crippen molar-refractivity contribution >= 4 is 5.91 Å². The van der Waals surface area contributed by atoms with Gasteiger partial charge < -0.3 is 9.80 Å². The van der Waals surface area contributed by atoms with E-state index in [1.165, 1.54) is 44.3 Å². The summed E-state index contributed by atoms with van der Waals surface area (Å²) in [5.74, 6) is 1.04. The van der Waals surface area contributed by atoms with Crippen molar-refractivity contribution in [1.82, 2.24) is 4.90 Å².